The minimum Gasteiger partial charge on any atom is -0.363 e. The van der Waals surface area contributed by atoms with Gasteiger partial charge in [-0.05, 0) is 32.0 Å². The van der Waals surface area contributed by atoms with Crippen molar-refractivity contribution in [2.45, 2.75) is 37.2 Å². The van der Waals surface area contributed by atoms with Crippen LogP contribution in [0, 0.1) is 0 Å². The molecule has 0 spiro atoms. The molecule has 0 amide bonds. The Balaban J connectivity index is 1.97. The molecule has 108 valence electrons. The van der Waals surface area contributed by atoms with E-state index in [9.17, 15) is 8.42 Å². The summed E-state index contributed by atoms with van der Waals surface area (Å²) in [4.78, 5) is 5.42. The van der Waals surface area contributed by atoms with E-state index in [-0.39, 0.29) is 4.90 Å². The van der Waals surface area contributed by atoms with Gasteiger partial charge < -0.3 is 10.7 Å². The lowest BCUT2D eigenvalue weighted by Gasteiger charge is -2.22. The Labute approximate surface area is 114 Å². The molecule has 0 saturated carbocycles. The molecule has 2 heterocycles. The molecule has 0 radical (unpaired) electrons. The van der Waals surface area contributed by atoms with E-state index in [2.05, 4.69) is 21.5 Å². The first-order valence-corrected chi connectivity index (χ1v) is 8.16. The van der Waals surface area contributed by atoms with Gasteiger partial charge in [-0.1, -0.05) is 6.92 Å². The van der Waals surface area contributed by atoms with Crippen molar-refractivity contribution in [3.63, 3.8) is 0 Å². The lowest BCUT2D eigenvalue weighted by atomic mass is 10.2. The van der Waals surface area contributed by atoms with Crippen molar-refractivity contribution < 1.29 is 8.42 Å². The fraction of sp³-hybridized carbons (Fsp3) is 0.667. The maximum atomic E-state index is 12.1. The van der Waals surface area contributed by atoms with E-state index >= 15 is 0 Å². The summed E-state index contributed by atoms with van der Waals surface area (Å²) >= 11 is 0. The van der Waals surface area contributed by atoms with E-state index in [4.69, 9.17) is 5.73 Å². The van der Waals surface area contributed by atoms with Crippen LogP contribution in [0.3, 0.4) is 0 Å². The predicted octanol–water partition coefficient (Wildman–Crippen LogP) is 0.236. The van der Waals surface area contributed by atoms with Crippen LogP contribution in [-0.4, -0.2) is 44.0 Å². The largest absolute Gasteiger partial charge is 0.363 e. The Morgan fingerprint density at radius 3 is 3.00 bits per heavy atom. The van der Waals surface area contributed by atoms with Gasteiger partial charge in [0.15, 0.2) is 0 Å². The van der Waals surface area contributed by atoms with Gasteiger partial charge in [0.2, 0.25) is 10.0 Å². The van der Waals surface area contributed by atoms with Crippen molar-refractivity contribution in [2.75, 3.05) is 19.6 Å². The number of nitrogens with one attached hydrogen (secondary N) is 2. The van der Waals surface area contributed by atoms with Crippen molar-refractivity contribution in [1.82, 2.24) is 14.6 Å². The van der Waals surface area contributed by atoms with Crippen molar-refractivity contribution in [1.29, 1.82) is 0 Å². The van der Waals surface area contributed by atoms with Gasteiger partial charge in [-0.15, -0.1) is 0 Å². The number of likely N-dealkylation sites (N-methyl/N-ethyl adjacent to an activating group) is 1. The third-order valence-electron chi connectivity index (χ3n) is 3.66. The number of sulfonamides is 1. The average Bonchev–Trinajstić information content (AvgIpc) is 3.05. The normalized spacial score (nSPS) is 21.1. The fourth-order valence-electron chi connectivity index (χ4n) is 2.52. The molecule has 6 nitrogen and oxygen atoms in total. The van der Waals surface area contributed by atoms with Crippen LogP contribution in [-0.2, 0) is 16.6 Å². The van der Waals surface area contributed by atoms with Crippen LogP contribution in [0.1, 0.15) is 25.5 Å². The molecular formula is C12H22N4O2S. The molecule has 1 aromatic heterocycles. The molecule has 1 aliphatic heterocycles. The van der Waals surface area contributed by atoms with Crippen molar-refractivity contribution in [3.8, 4) is 0 Å². The molecule has 0 aromatic carbocycles. The molecule has 7 heteroatoms. The molecular weight excluding hydrogens is 264 g/mol. The molecule has 1 atom stereocenters. The smallest absolute Gasteiger partial charge is 0.242 e. The highest BCUT2D eigenvalue weighted by molar-refractivity contribution is 7.89. The number of H-pyrrole nitrogens is 1. The molecule has 1 unspecified atom stereocenters. The van der Waals surface area contributed by atoms with Crippen LogP contribution in [0.25, 0.3) is 0 Å². The minimum absolute atomic E-state index is 0.258. The zero-order chi connectivity index (χ0) is 13.9. The molecule has 19 heavy (non-hydrogen) atoms. The Hall–Kier alpha value is -0.890. The standard InChI is InChI=1S/C12H22N4O2S/c1-2-16-5-3-4-11(16)8-15-19(17,18)12-6-10(7-13)14-9-12/h6,9,11,14-15H,2-5,7-8,13H2,1H3. The highest BCUT2D eigenvalue weighted by Crippen LogP contribution is 2.17. The summed E-state index contributed by atoms with van der Waals surface area (Å²) < 4.78 is 26.9. The van der Waals surface area contributed by atoms with Crippen molar-refractivity contribution in [3.05, 3.63) is 18.0 Å². The van der Waals surface area contributed by atoms with E-state index < -0.39 is 10.0 Å². The molecule has 2 rings (SSSR count). The lowest BCUT2D eigenvalue weighted by molar-refractivity contribution is 0.268. The number of hydrogen-bond acceptors (Lipinski definition) is 4. The quantitative estimate of drug-likeness (QED) is 0.698. The summed E-state index contributed by atoms with van der Waals surface area (Å²) in [6, 6.07) is 1.89. The zero-order valence-electron chi connectivity index (χ0n) is 11.2. The van der Waals surface area contributed by atoms with Crippen LogP contribution in [0.5, 0.6) is 0 Å². The van der Waals surface area contributed by atoms with E-state index in [1.807, 2.05) is 0 Å². The SMILES string of the molecule is CCN1CCCC1CNS(=O)(=O)c1c[nH]c(CN)c1. The van der Waals surface area contributed by atoms with E-state index in [0.717, 1.165) is 31.6 Å². The van der Waals surface area contributed by atoms with Gasteiger partial charge in [0.1, 0.15) is 0 Å². The van der Waals surface area contributed by atoms with Crippen LogP contribution in [0.2, 0.25) is 0 Å². The second-order valence-electron chi connectivity index (χ2n) is 4.84. The Morgan fingerprint density at radius 2 is 2.37 bits per heavy atom. The third-order valence-corrected chi connectivity index (χ3v) is 5.06. The molecule has 1 aromatic rings. The average molecular weight is 286 g/mol. The highest BCUT2D eigenvalue weighted by atomic mass is 32.2. The van der Waals surface area contributed by atoms with Gasteiger partial charge in [-0.2, -0.15) is 0 Å². The fourth-order valence-corrected chi connectivity index (χ4v) is 3.61. The number of nitrogens with zero attached hydrogens (tertiary/aromatic N) is 1. The maximum Gasteiger partial charge on any atom is 0.242 e. The second-order valence-corrected chi connectivity index (χ2v) is 6.61. The summed E-state index contributed by atoms with van der Waals surface area (Å²) in [5.41, 5.74) is 6.18. The summed E-state index contributed by atoms with van der Waals surface area (Å²) in [5, 5.41) is 0. The summed E-state index contributed by atoms with van der Waals surface area (Å²) in [6.07, 6.45) is 3.68. The van der Waals surface area contributed by atoms with Crippen LogP contribution in [0.4, 0.5) is 0 Å². The van der Waals surface area contributed by atoms with Gasteiger partial charge in [0.05, 0.1) is 4.90 Å². The van der Waals surface area contributed by atoms with E-state index in [0.29, 0.717) is 19.1 Å². The molecule has 4 N–H and O–H groups in total. The number of aromatic nitrogens is 1. The lowest BCUT2D eigenvalue weighted by Crippen LogP contribution is -2.39. The first kappa shape index (κ1) is 14.5. The first-order valence-electron chi connectivity index (χ1n) is 6.68. The van der Waals surface area contributed by atoms with E-state index in [1.165, 1.54) is 6.20 Å². The zero-order valence-corrected chi connectivity index (χ0v) is 12.0. The first-order chi connectivity index (χ1) is 9.06. The molecule has 0 bridgehead atoms. The molecule has 1 aliphatic rings. The summed E-state index contributed by atoms with van der Waals surface area (Å²) in [5.74, 6) is 0. The number of nitrogens with two attached hydrogens (primary N) is 1. The highest BCUT2D eigenvalue weighted by Gasteiger charge is 2.25. The summed E-state index contributed by atoms with van der Waals surface area (Å²) in [7, 11) is -3.43. The number of hydrogen-bond donors (Lipinski definition) is 3. The van der Waals surface area contributed by atoms with Crippen molar-refractivity contribution >= 4 is 10.0 Å². The van der Waals surface area contributed by atoms with Crippen LogP contribution >= 0.6 is 0 Å². The second kappa shape index (κ2) is 6.04. The van der Waals surface area contributed by atoms with Crippen molar-refractivity contribution in [2.24, 2.45) is 5.73 Å². The third kappa shape index (κ3) is 3.36. The van der Waals surface area contributed by atoms with Gasteiger partial charge >= 0.3 is 0 Å². The minimum atomic E-state index is -3.43. The molecule has 0 aliphatic carbocycles. The molecule has 1 saturated heterocycles. The van der Waals surface area contributed by atoms with Crippen LogP contribution < -0.4 is 10.5 Å². The van der Waals surface area contributed by atoms with Crippen LogP contribution in [0.15, 0.2) is 17.2 Å². The number of aromatic amines is 1. The topological polar surface area (TPSA) is 91.2 Å². The van der Waals surface area contributed by atoms with Gasteiger partial charge in [0.25, 0.3) is 0 Å². The maximum absolute atomic E-state index is 12.1. The van der Waals surface area contributed by atoms with E-state index in [1.54, 1.807) is 6.07 Å². The van der Waals surface area contributed by atoms with Gasteiger partial charge in [0, 0.05) is 31.0 Å². The molecule has 1 fully saturated rings. The number of likely N-dealkylation sites (tertiary alicyclic amines) is 1. The Kier molecular flexibility index (Phi) is 4.62. The summed E-state index contributed by atoms with van der Waals surface area (Å²) in [6.45, 7) is 4.91. The van der Waals surface area contributed by atoms with Gasteiger partial charge in [-0.3, -0.25) is 4.90 Å². The Morgan fingerprint density at radius 1 is 1.58 bits per heavy atom. The number of rotatable bonds is 6. The predicted molar refractivity (Wildman–Crippen MR) is 74.1 cm³/mol. The monoisotopic (exact) mass is 286 g/mol. The van der Waals surface area contributed by atoms with Gasteiger partial charge in [-0.25, -0.2) is 13.1 Å². The Bertz CT molecular complexity index is 512.